The van der Waals surface area contributed by atoms with Gasteiger partial charge in [0.1, 0.15) is 5.75 Å². The lowest BCUT2D eigenvalue weighted by Gasteiger charge is -2.03. The zero-order valence-electron chi connectivity index (χ0n) is 7.01. The Morgan fingerprint density at radius 3 is 2.50 bits per heavy atom. The molecular formula is C8H7BO4S. The van der Waals surface area contributed by atoms with Gasteiger partial charge < -0.3 is 20.3 Å². The lowest BCUT2D eigenvalue weighted by molar-refractivity contribution is 0.420. The van der Waals surface area contributed by atoms with Crippen LogP contribution in [0.15, 0.2) is 18.2 Å². The number of phenols is 1. The molecule has 0 fully saturated rings. The molecule has 2 rings (SSSR count). The number of hydrogen-bond acceptors (Lipinski definition) is 5. The average Bonchev–Trinajstić information content (AvgIpc) is 2.43. The summed E-state index contributed by atoms with van der Waals surface area (Å²) in [7, 11) is -1.74. The van der Waals surface area contributed by atoms with Gasteiger partial charge in [-0.2, -0.15) is 0 Å². The van der Waals surface area contributed by atoms with Crippen LogP contribution in [-0.4, -0.2) is 27.4 Å². The van der Waals surface area contributed by atoms with Gasteiger partial charge in [-0.05, 0) is 23.6 Å². The highest BCUT2D eigenvalue weighted by atomic mass is 32.1. The molecule has 0 saturated heterocycles. The van der Waals surface area contributed by atoms with Crippen LogP contribution in [0.3, 0.4) is 0 Å². The van der Waals surface area contributed by atoms with Gasteiger partial charge in [0, 0.05) is 10.2 Å². The van der Waals surface area contributed by atoms with Crippen LogP contribution in [0.1, 0.15) is 0 Å². The second-order valence-electron chi connectivity index (χ2n) is 2.88. The van der Waals surface area contributed by atoms with Crippen LogP contribution in [0, 0.1) is 0 Å². The SMILES string of the molecule is OB(O)c1c(O)ccc2cc(O)sc12. The fraction of sp³-hybridized carbons (Fsp3) is 0. The predicted octanol–water partition coefficient (Wildman–Crippen LogP) is -0.00770. The van der Waals surface area contributed by atoms with E-state index in [0.717, 1.165) is 11.3 Å². The molecule has 4 nitrogen and oxygen atoms in total. The quantitative estimate of drug-likeness (QED) is 0.499. The van der Waals surface area contributed by atoms with Gasteiger partial charge in [-0.15, -0.1) is 0 Å². The van der Waals surface area contributed by atoms with Crippen LogP contribution in [-0.2, 0) is 0 Å². The Kier molecular flexibility index (Phi) is 2.11. The summed E-state index contributed by atoms with van der Waals surface area (Å²) in [4.78, 5) is 0. The van der Waals surface area contributed by atoms with Gasteiger partial charge in [-0.1, -0.05) is 11.3 Å². The van der Waals surface area contributed by atoms with Crippen LogP contribution in [0.4, 0.5) is 0 Å². The maximum Gasteiger partial charge on any atom is 0.493 e. The molecule has 0 spiro atoms. The zero-order chi connectivity index (χ0) is 10.3. The van der Waals surface area contributed by atoms with Gasteiger partial charge in [0.25, 0.3) is 0 Å². The molecule has 0 aliphatic heterocycles. The molecule has 0 amide bonds. The van der Waals surface area contributed by atoms with Gasteiger partial charge in [0.15, 0.2) is 5.06 Å². The van der Waals surface area contributed by atoms with E-state index in [1.807, 2.05) is 0 Å². The molecule has 72 valence electrons. The minimum atomic E-state index is -1.74. The van der Waals surface area contributed by atoms with E-state index in [9.17, 15) is 10.2 Å². The molecule has 0 aliphatic carbocycles. The van der Waals surface area contributed by atoms with Crippen LogP contribution < -0.4 is 5.46 Å². The van der Waals surface area contributed by atoms with Crippen LogP contribution in [0.2, 0.25) is 0 Å². The standard InChI is InChI=1S/C8H7BO4S/c10-5-2-1-4-3-6(11)14-8(4)7(5)9(12)13/h1-3,10-13H. The predicted molar refractivity (Wildman–Crippen MR) is 55.0 cm³/mol. The van der Waals surface area contributed by atoms with E-state index >= 15 is 0 Å². The Morgan fingerprint density at radius 1 is 1.14 bits per heavy atom. The van der Waals surface area contributed by atoms with E-state index in [0.29, 0.717) is 10.1 Å². The molecule has 0 atom stereocenters. The fourth-order valence-electron chi connectivity index (χ4n) is 1.35. The lowest BCUT2D eigenvalue weighted by atomic mass is 9.79. The third-order valence-electron chi connectivity index (χ3n) is 1.95. The monoisotopic (exact) mass is 210 g/mol. The Hall–Kier alpha value is -1.24. The summed E-state index contributed by atoms with van der Waals surface area (Å²) >= 11 is 0.997. The molecule has 4 N–H and O–H groups in total. The van der Waals surface area contributed by atoms with E-state index in [1.54, 1.807) is 6.07 Å². The van der Waals surface area contributed by atoms with Crippen LogP contribution in [0.25, 0.3) is 10.1 Å². The van der Waals surface area contributed by atoms with E-state index in [4.69, 9.17) is 10.0 Å². The molecule has 14 heavy (non-hydrogen) atoms. The topological polar surface area (TPSA) is 80.9 Å². The highest BCUT2D eigenvalue weighted by Gasteiger charge is 2.21. The largest absolute Gasteiger partial charge is 0.508 e. The first-order valence-corrected chi connectivity index (χ1v) is 4.72. The highest BCUT2D eigenvalue weighted by Crippen LogP contribution is 2.31. The number of fused-ring (bicyclic) bond motifs is 1. The number of benzene rings is 1. The Labute approximate surface area is 83.8 Å². The lowest BCUT2D eigenvalue weighted by Crippen LogP contribution is -2.30. The van der Waals surface area contributed by atoms with Crippen molar-refractivity contribution < 1.29 is 20.3 Å². The van der Waals surface area contributed by atoms with Crippen molar-refractivity contribution in [3.8, 4) is 10.8 Å². The van der Waals surface area contributed by atoms with Crippen molar-refractivity contribution >= 4 is 34.0 Å². The van der Waals surface area contributed by atoms with Gasteiger partial charge in [0.05, 0.1) is 0 Å². The van der Waals surface area contributed by atoms with E-state index in [1.165, 1.54) is 12.1 Å². The Balaban J connectivity index is 2.82. The molecule has 2 aromatic rings. The molecule has 0 unspecified atom stereocenters. The van der Waals surface area contributed by atoms with Crippen LogP contribution in [0.5, 0.6) is 10.8 Å². The van der Waals surface area contributed by atoms with Crippen molar-refractivity contribution in [3.05, 3.63) is 18.2 Å². The molecule has 1 aromatic heterocycles. The van der Waals surface area contributed by atoms with E-state index in [-0.39, 0.29) is 16.3 Å². The van der Waals surface area contributed by atoms with E-state index in [2.05, 4.69) is 0 Å². The van der Waals surface area contributed by atoms with Gasteiger partial charge in [-0.3, -0.25) is 0 Å². The van der Waals surface area contributed by atoms with Gasteiger partial charge in [-0.25, -0.2) is 0 Å². The molecule has 1 aromatic carbocycles. The summed E-state index contributed by atoms with van der Waals surface area (Å²) in [6.45, 7) is 0. The third-order valence-corrected chi connectivity index (χ3v) is 2.93. The van der Waals surface area contributed by atoms with Gasteiger partial charge in [0.2, 0.25) is 0 Å². The smallest absolute Gasteiger partial charge is 0.493 e. The van der Waals surface area contributed by atoms with Gasteiger partial charge >= 0.3 is 7.12 Å². The summed E-state index contributed by atoms with van der Waals surface area (Å²) < 4.78 is 0.484. The Morgan fingerprint density at radius 2 is 1.86 bits per heavy atom. The first-order valence-electron chi connectivity index (χ1n) is 3.90. The molecule has 0 saturated carbocycles. The first-order chi connectivity index (χ1) is 6.59. The van der Waals surface area contributed by atoms with E-state index < -0.39 is 7.12 Å². The number of phenolic OH excluding ortho intramolecular Hbond substituents is 1. The molecule has 6 heteroatoms. The van der Waals surface area contributed by atoms with Crippen molar-refractivity contribution in [1.82, 2.24) is 0 Å². The van der Waals surface area contributed by atoms with Crippen molar-refractivity contribution in [1.29, 1.82) is 0 Å². The number of aromatic hydroxyl groups is 2. The minimum Gasteiger partial charge on any atom is -0.508 e. The molecule has 0 bridgehead atoms. The van der Waals surface area contributed by atoms with Crippen molar-refractivity contribution in [2.75, 3.05) is 0 Å². The highest BCUT2D eigenvalue weighted by molar-refractivity contribution is 7.22. The first kappa shape index (κ1) is 9.33. The summed E-state index contributed by atoms with van der Waals surface area (Å²) in [6.07, 6.45) is 0. The van der Waals surface area contributed by atoms with Crippen molar-refractivity contribution in [3.63, 3.8) is 0 Å². The molecular weight excluding hydrogens is 203 g/mol. The number of rotatable bonds is 1. The summed E-state index contributed by atoms with van der Waals surface area (Å²) in [5, 5.41) is 37.4. The number of thiophene rings is 1. The zero-order valence-corrected chi connectivity index (χ0v) is 7.82. The Bertz CT molecular complexity index is 479. The summed E-state index contributed by atoms with van der Waals surface area (Å²) in [5.41, 5.74) is 0.0350. The number of hydrogen-bond donors (Lipinski definition) is 4. The fourth-order valence-corrected chi connectivity index (χ4v) is 2.31. The molecule has 0 aliphatic rings. The van der Waals surface area contributed by atoms with Crippen LogP contribution >= 0.6 is 11.3 Å². The maximum atomic E-state index is 9.39. The molecule has 1 heterocycles. The summed E-state index contributed by atoms with van der Waals surface area (Å²) in [5.74, 6) is -0.186. The average molecular weight is 210 g/mol. The normalized spacial score (nSPS) is 10.7. The second kappa shape index (κ2) is 3.16. The van der Waals surface area contributed by atoms with Crippen molar-refractivity contribution in [2.45, 2.75) is 0 Å². The third kappa shape index (κ3) is 1.33. The summed E-state index contributed by atoms with van der Waals surface area (Å²) in [6, 6.07) is 4.47. The maximum absolute atomic E-state index is 9.39. The molecule has 0 radical (unpaired) electrons. The van der Waals surface area contributed by atoms with Crippen molar-refractivity contribution in [2.24, 2.45) is 0 Å². The minimum absolute atomic E-state index is 0.0350. The second-order valence-corrected chi connectivity index (χ2v) is 3.91.